The molecule has 3 aromatic heterocycles. The molecule has 1 aromatic carbocycles. The fourth-order valence-corrected chi connectivity index (χ4v) is 4.39. The van der Waals surface area contributed by atoms with E-state index < -0.39 is 0 Å². The Bertz CT molecular complexity index is 1130. The Morgan fingerprint density at radius 1 is 1.04 bits per heavy atom. The SMILES string of the molecule is Cc1cc(-c2cc(C)c3ncnn3c2)cc2n[nH]c(C3CCN(C)CC3)c12. The highest BCUT2D eigenvalue weighted by Gasteiger charge is 2.23. The van der Waals surface area contributed by atoms with Crippen molar-refractivity contribution in [3.63, 3.8) is 0 Å². The first-order valence-electron chi connectivity index (χ1n) is 9.57. The van der Waals surface area contributed by atoms with Crippen molar-refractivity contribution in [2.45, 2.75) is 32.6 Å². The van der Waals surface area contributed by atoms with Crippen molar-refractivity contribution in [1.29, 1.82) is 0 Å². The van der Waals surface area contributed by atoms with Gasteiger partial charge in [0.15, 0.2) is 5.65 Å². The molecule has 0 saturated carbocycles. The number of rotatable bonds is 2. The highest BCUT2D eigenvalue weighted by Crippen LogP contribution is 2.35. The molecule has 27 heavy (non-hydrogen) atoms. The first kappa shape index (κ1) is 16.4. The first-order valence-corrected chi connectivity index (χ1v) is 9.57. The molecule has 0 spiro atoms. The molecule has 0 amide bonds. The summed E-state index contributed by atoms with van der Waals surface area (Å²) in [6.45, 7) is 6.57. The van der Waals surface area contributed by atoms with E-state index in [9.17, 15) is 0 Å². The van der Waals surface area contributed by atoms with E-state index >= 15 is 0 Å². The zero-order valence-electron chi connectivity index (χ0n) is 16.0. The fraction of sp³-hybridized carbons (Fsp3) is 0.381. The number of nitrogens with zero attached hydrogens (tertiary/aromatic N) is 5. The summed E-state index contributed by atoms with van der Waals surface area (Å²) in [5.41, 5.74) is 7.97. The number of piperidine rings is 1. The number of H-pyrrole nitrogens is 1. The highest BCUT2D eigenvalue weighted by molar-refractivity contribution is 5.90. The molecule has 1 fully saturated rings. The molecule has 4 aromatic rings. The summed E-state index contributed by atoms with van der Waals surface area (Å²) in [5, 5.41) is 13.6. The number of nitrogens with one attached hydrogen (secondary N) is 1. The minimum atomic E-state index is 0.574. The topological polar surface area (TPSA) is 62.1 Å². The molecule has 1 N–H and O–H groups in total. The second-order valence-electron chi connectivity index (χ2n) is 7.84. The number of likely N-dealkylation sites (tertiary alicyclic amines) is 1. The number of aromatic nitrogens is 5. The summed E-state index contributed by atoms with van der Waals surface area (Å²) in [5.74, 6) is 0.574. The third kappa shape index (κ3) is 2.72. The van der Waals surface area contributed by atoms with E-state index in [-0.39, 0.29) is 0 Å². The van der Waals surface area contributed by atoms with E-state index in [4.69, 9.17) is 0 Å². The molecule has 0 radical (unpaired) electrons. The third-order valence-electron chi connectivity index (χ3n) is 5.90. The highest BCUT2D eigenvalue weighted by atomic mass is 15.3. The fourth-order valence-electron chi connectivity index (χ4n) is 4.39. The third-order valence-corrected chi connectivity index (χ3v) is 5.90. The van der Waals surface area contributed by atoms with Gasteiger partial charge in [0.1, 0.15) is 6.33 Å². The van der Waals surface area contributed by atoms with Crippen molar-refractivity contribution in [2.24, 2.45) is 0 Å². The number of aromatic amines is 1. The van der Waals surface area contributed by atoms with Crippen LogP contribution in [0.15, 0.2) is 30.7 Å². The Hall–Kier alpha value is -2.73. The van der Waals surface area contributed by atoms with Gasteiger partial charge in [-0.05, 0) is 75.6 Å². The maximum absolute atomic E-state index is 4.66. The summed E-state index contributed by atoms with van der Waals surface area (Å²) in [6, 6.07) is 6.64. The maximum Gasteiger partial charge on any atom is 0.158 e. The van der Waals surface area contributed by atoms with Gasteiger partial charge in [-0.25, -0.2) is 9.50 Å². The normalized spacial score (nSPS) is 16.6. The molecule has 6 heteroatoms. The van der Waals surface area contributed by atoms with Crippen molar-refractivity contribution in [3.8, 4) is 11.1 Å². The minimum Gasteiger partial charge on any atom is -0.306 e. The molecular formula is C21H24N6. The largest absolute Gasteiger partial charge is 0.306 e. The van der Waals surface area contributed by atoms with Gasteiger partial charge in [-0.1, -0.05) is 6.07 Å². The Morgan fingerprint density at radius 3 is 2.63 bits per heavy atom. The van der Waals surface area contributed by atoms with E-state index in [0.717, 1.165) is 35.4 Å². The zero-order chi connectivity index (χ0) is 18.5. The number of hydrogen-bond donors (Lipinski definition) is 1. The number of aryl methyl sites for hydroxylation is 2. The lowest BCUT2D eigenvalue weighted by Crippen LogP contribution is -2.29. The van der Waals surface area contributed by atoms with Gasteiger partial charge in [-0.2, -0.15) is 10.2 Å². The quantitative estimate of drug-likeness (QED) is 0.592. The van der Waals surface area contributed by atoms with Crippen LogP contribution in [0.2, 0.25) is 0 Å². The van der Waals surface area contributed by atoms with Crippen molar-refractivity contribution in [1.82, 2.24) is 29.7 Å². The molecule has 1 aliphatic heterocycles. The first-order chi connectivity index (χ1) is 13.1. The van der Waals surface area contributed by atoms with Crippen molar-refractivity contribution >= 4 is 16.6 Å². The van der Waals surface area contributed by atoms with Gasteiger partial charge in [-0.15, -0.1) is 0 Å². The van der Waals surface area contributed by atoms with Crippen LogP contribution in [0.4, 0.5) is 0 Å². The lowest BCUT2D eigenvalue weighted by atomic mass is 9.90. The number of benzene rings is 1. The Labute approximate surface area is 158 Å². The van der Waals surface area contributed by atoms with Gasteiger partial charge in [-0.3, -0.25) is 5.10 Å². The monoisotopic (exact) mass is 360 g/mol. The second kappa shape index (κ2) is 6.16. The van der Waals surface area contributed by atoms with E-state index in [0.29, 0.717) is 5.92 Å². The van der Waals surface area contributed by atoms with Gasteiger partial charge in [0.2, 0.25) is 0 Å². The van der Waals surface area contributed by atoms with E-state index in [1.54, 1.807) is 6.33 Å². The van der Waals surface area contributed by atoms with Gasteiger partial charge < -0.3 is 4.90 Å². The number of hydrogen-bond acceptors (Lipinski definition) is 4. The van der Waals surface area contributed by atoms with Crippen LogP contribution in [-0.4, -0.2) is 49.8 Å². The van der Waals surface area contributed by atoms with Crippen LogP contribution in [-0.2, 0) is 0 Å². The summed E-state index contributed by atoms with van der Waals surface area (Å²) in [6.07, 6.45) is 6.02. The molecule has 0 atom stereocenters. The molecule has 6 nitrogen and oxygen atoms in total. The predicted octanol–water partition coefficient (Wildman–Crippen LogP) is 3.70. The summed E-state index contributed by atoms with van der Waals surface area (Å²) in [4.78, 5) is 6.72. The van der Waals surface area contributed by atoms with Crippen molar-refractivity contribution < 1.29 is 0 Å². The number of fused-ring (bicyclic) bond motifs is 2. The average molecular weight is 360 g/mol. The molecule has 1 aliphatic rings. The van der Waals surface area contributed by atoms with E-state index in [1.807, 2.05) is 10.7 Å². The van der Waals surface area contributed by atoms with Crippen LogP contribution < -0.4 is 0 Å². The minimum absolute atomic E-state index is 0.574. The molecule has 138 valence electrons. The molecule has 0 bridgehead atoms. The zero-order valence-corrected chi connectivity index (χ0v) is 16.0. The van der Waals surface area contributed by atoms with Gasteiger partial charge >= 0.3 is 0 Å². The standard InChI is InChI=1S/C21H24N6/c1-13-8-16(17-9-14(2)21-22-12-23-27(21)11-17)10-18-19(13)20(25-24-18)15-4-6-26(3)7-5-15/h8-12,15H,4-7H2,1-3H3,(H,24,25). The van der Waals surface area contributed by atoms with Crippen LogP contribution in [0.1, 0.15) is 35.6 Å². The lowest BCUT2D eigenvalue weighted by Gasteiger charge is -2.28. The molecule has 1 saturated heterocycles. The molecule has 0 unspecified atom stereocenters. The number of pyridine rings is 1. The van der Waals surface area contributed by atoms with Gasteiger partial charge in [0.05, 0.1) is 5.52 Å². The smallest absolute Gasteiger partial charge is 0.158 e. The average Bonchev–Trinajstić information content (AvgIpc) is 3.29. The van der Waals surface area contributed by atoms with Crippen LogP contribution in [0.5, 0.6) is 0 Å². The van der Waals surface area contributed by atoms with Crippen LogP contribution in [0.3, 0.4) is 0 Å². The van der Waals surface area contributed by atoms with E-state index in [2.05, 4.69) is 64.3 Å². The van der Waals surface area contributed by atoms with Crippen LogP contribution in [0, 0.1) is 13.8 Å². The van der Waals surface area contributed by atoms with E-state index in [1.165, 1.54) is 35.0 Å². The van der Waals surface area contributed by atoms with Crippen molar-refractivity contribution in [3.05, 3.63) is 47.5 Å². The summed E-state index contributed by atoms with van der Waals surface area (Å²) < 4.78 is 1.85. The Balaban J connectivity index is 1.59. The predicted molar refractivity (Wildman–Crippen MR) is 107 cm³/mol. The van der Waals surface area contributed by atoms with Gasteiger partial charge in [0.25, 0.3) is 0 Å². The summed E-state index contributed by atoms with van der Waals surface area (Å²) >= 11 is 0. The Kier molecular flexibility index (Phi) is 3.75. The maximum atomic E-state index is 4.66. The molecule has 0 aliphatic carbocycles. The van der Waals surface area contributed by atoms with Crippen LogP contribution in [0.25, 0.3) is 27.7 Å². The summed E-state index contributed by atoms with van der Waals surface area (Å²) in [7, 11) is 2.20. The molecule has 5 rings (SSSR count). The van der Waals surface area contributed by atoms with Crippen LogP contribution >= 0.6 is 0 Å². The molecule has 4 heterocycles. The second-order valence-corrected chi connectivity index (χ2v) is 7.84. The van der Waals surface area contributed by atoms with Gasteiger partial charge in [0, 0.05) is 28.8 Å². The Morgan fingerprint density at radius 2 is 1.81 bits per heavy atom. The lowest BCUT2D eigenvalue weighted by molar-refractivity contribution is 0.254. The van der Waals surface area contributed by atoms with Crippen molar-refractivity contribution in [2.75, 3.05) is 20.1 Å². The molecular weight excluding hydrogens is 336 g/mol.